The summed E-state index contributed by atoms with van der Waals surface area (Å²) in [5.74, 6) is 0. The summed E-state index contributed by atoms with van der Waals surface area (Å²) in [4.78, 5) is 7.19. The number of halogens is 1. The largest absolute Gasteiger partial charge is 0.284 e. The lowest BCUT2D eigenvalue weighted by Crippen LogP contribution is -2.13. The second-order valence-electron chi connectivity index (χ2n) is 6.91. The van der Waals surface area contributed by atoms with Crippen molar-refractivity contribution in [3.8, 4) is 27.4 Å². The SMILES string of the molecule is Cl.c1ccc(N=c2sc(-c3ccccc3)c(-c3ccccc3)n2-c2ccccc2)cc1. The Kier molecular flexibility index (Phi) is 6.46. The van der Waals surface area contributed by atoms with Crippen LogP contribution in [-0.4, -0.2) is 4.57 Å². The number of aromatic nitrogens is 1. The lowest BCUT2D eigenvalue weighted by Gasteiger charge is -2.11. The van der Waals surface area contributed by atoms with Gasteiger partial charge in [0.2, 0.25) is 0 Å². The van der Waals surface area contributed by atoms with Gasteiger partial charge in [-0.1, -0.05) is 108 Å². The van der Waals surface area contributed by atoms with Crippen molar-refractivity contribution in [2.45, 2.75) is 0 Å². The minimum absolute atomic E-state index is 0. The molecule has 0 saturated heterocycles. The zero-order valence-corrected chi connectivity index (χ0v) is 18.4. The summed E-state index contributed by atoms with van der Waals surface area (Å²) in [5, 5.41) is 0. The van der Waals surface area contributed by atoms with Gasteiger partial charge >= 0.3 is 0 Å². The van der Waals surface area contributed by atoms with Crippen molar-refractivity contribution < 1.29 is 0 Å². The molecule has 0 aliphatic rings. The van der Waals surface area contributed by atoms with Gasteiger partial charge in [0.05, 0.1) is 16.3 Å². The van der Waals surface area contributed by atoms with E-state index >= 15 is 0 Å². The fourth-order valence-electron chi connectivity index (χ4n) is 3.53. The molecule has 0 bridgehead atoms. The van der Waals surface area contributed by atoms with Crippen LogP contribution in [0.2, 0.25) is 0 Å². The first-order chi connectivity index (χ1) is 14.9. The fourth-order valence-corrected chi connectivity index (χ4v) is 4.71. The molecule has 5 rings (SSSR count). The second kappa shape index (κ2) is 9.61. The van der Waals surface area contributed by atoms with Crippen molar-refractivity contribution in [3.05, 3.63) is 126 Å². The molecule has 4 aromatic carbocycles. The molecule has 0 atom stereocenters. The third kappa shape index (κ3) is 4.38. The first kappa shape index (κ1) is 20.9. The second-order valence-corrected chi connectivity index (χ2v) is 7.89. The minimum Gasteiger partial charge on any atom is -0.284 e. The topological polar surface area (TPSA) is 17.3 Å². The molecule has 0 radical (unpaired) electrons. The van der Waals surface area contributed by atoms with Crippen molar-refractivity contribution in [2.75, 3.05) is 0 Å². The molecule has 0 amide bonds. The maximum atomic E-state index is 5.03. The van der Waals surface area contributed by atoms with Crippen LogP contribution in [0.4, 0.5) is 5.69 Å². The zero-order valence-electron chi connectivity index (χ0n) is 16.8. The molecule has 5 aromatic rings. The van der Waals surface area contributed by atoms with Crippen molar-refractivity contribution in [1.29, 1.82) is 0 Å². The first-order valence-corrected chi connectivity index (χ1v) is 10.7. The van der Waals surface area contributed by atoms with Crippen LogP contribution in [0, 0.1) is 0 Å². The van der Waals surface area contributed by atoms with E-state index in [1.54, 1.807) is 11.3 Å². The lowest BCUT2D eigenvalue weighted by atomic mass is 10.1. The smallest absolute Gasteiger partial charge is 0.195 e. The van der Waals surface area contributed by atoms with Gasteiger partial charge in [-0.25, -0.2) is 4.99 Å². The van der Waals surface area contributed by atoms with Crippen LogP contribution in [0.1, 0.15) is 0 Å². The van der Waals surface area contributed by atoms with E-state index < -0.39 is 0 Å². The molecule has 152 valence electrons. The molecule has 0 fully saturated rings. The molecule has 0 aliphatic heterocycles. The maximum Gasteiger partial charge on any atom is 0.195 e. The maximum absolute atomic E-state index is 5.03. The van der Waals surface area contributed by atoms with E-state index in [2.05, 4.69) is 89.5 Å². The Morgan fingerprint density at radius 3 is 1.61 bits per heavy atom. The molecule has 4 heteroatoms. The van der Waals surface area contributed by atoms with E-state index in [1.165, 1.54) is 16.0 Å². The van der Waals surface area contributed by atoms with Crippen LogP contribution in [0.5, 0.6) is 0 Å². The average Bonchev–Trinajstić information content (AvgIpc) is 3.20. The molecular weight excluding hydrogens is 420 g/mol. The minimum atomic E-state index is 0. The number of para-hydroxylation sites is 2. The summed E-state index contributed by atoms with van der Waals surface area (Å²) in [6, 6.07) is 41.7. The van der Waals surface area contributed by atoms with Crippen molar-refractivity contribution in [2.24, 2.45) is 4.99 Å². The number of hydrogen-bond acceptors (Lipinski definition) is 2. The van der Waals surface area contributed by atoms with E-state index in [0.29, 0.717) is 0 Å². The molecule has 0 aliphatic carbocycles. The van der Waals surface area contributed by atoms with E-state index in [0.717, 1.165) is 21.9 Å². The molecule has 0 saturated carbocycles. The number of hydrogen-bond donors (Lipinski definition) is 0. The third-order valence-corrected chi connectivity index (χ3v) is 5.99. The Bertz CT molecular complexity index is 1310. The molecule has 31 heavy (non-hydrogen) atoms. The molecule has 0 spiro atoms. The van der Waals surface area contributed by atoms with Crippen molar-refractivity contribution in [3.63, 3.8) is 0 Å². The summed E-state index contributed by atoms with van der Waals surface area (Å²) in [5.41, 5.74) is 5.58. The monoisotopic (exact) mass is 440 g/mol. The van der Waals surface area contributed by atoms with Crippen LogP contribution in [-0.2, 0) is 0 Å². The predicted molar refractivity (Wildman–Crippen MR) is 133 cm³/mol. The molecule has 2 nitrogen and oxygen atoms in total. The van der Waals surface area contributed by atoms with Gasteiger partial charge in [0.1, 0.15) is 0 Å². The summed E-state index contributed by atoms with van der Waals surface area (Å²) < 4.78 is 2.27. The Morgan fingerprint density at radius 2 is 1.03 bits per heavy atom. The van der Waals surface area contributed by atoms with E-state index in [4.69, 9.17) is 4.99 Å². The van der Waals surface area contributed by atoms with Gasteiger partial charge in [-0.15, -0.1) is 12.4 Å². The van der Waals surface area contributed by atoms with E-state index in [-0.39, 0.29) is 12.4 Å². The van der Waals surface area contributed by atoms with Crippen molar-refractivity contribution >= 4 is 29.4 Å². The van der Waals surface area contributed by atoms with Crippen LogP contribution in [0.3, 0.4) is 0 Å². The van der Waals surface area contributed by atoms with Crippen molar-refractivity contribution in [1.82, 2.24) is 4.57 Å². The Labute approximate surface area is 192 Å². The number of thiazole rings is 1. The molecular formula is C27H21ClN2S. The number of rotatable bonds is 4. The predicted octanol–water partition coefficient (Wildman–Crippen LogP) is 7.53. The van der Waals surface area contributed by atoms with Crippen LogP contribution >= 0.6 is 23.7 Å². The Hall–Kier alpha value is -3.40. The van der Waals surface area contributed by atoms with E-state index in [1.807, 2.05) is 36.4 Å². The summed E-state index contributed by atoms with van der Waals surface area (Å²) in [6.45, 7) is 0. The standard InChI is InChI=1S/C27H20N2S.ClH/c1-5-13-21(14-6-1)25-26(22-15-7-2-8-16-22)30-27(28-23-17-9-3-10-18-23)29(25)24-19-11-4-12-20-24;/h1-20H;1H. The van der Waals surface area contributed by atoms with Gasteiger partial charge in [-0.2, -0.15) is 0 Å². The number of nitrogens with zero attached hydrogens (tertiary/aromatic N) is 2. The van der Waals surface area contributed by atoms with Gasteiger partial charge in [0.25, 0.3) is 0 Å². The fraction of sp³-hybridized carbons (Fsp3) is 0. The third-order valence-electron chi connectivity index (χ3n) is 4.90. The van der Waals surface area contributed by atoms with Crippen LogP contribution < -0.4 is 4.80 Å². The summed E-state index contributed by atoms with van der Waals surface area (Å²) in [7, 11) is 0. The van der Waals surface area contributed by atoms with Gasteiger partial charge < -0.3 is 0 Å². The quantitative estimate of drug-likeness (QED) is 0.275. The highest BCUT2D eigenvalue weighted by Gasteiger charge is 2.18. The summed E-state index contributed by atoms with van der Waals surface area (Å²) >= 11 is 1.72. The lowest BCUT2D eigenvalue weighted by molar-refractivity contribution is 1.01. The molecule has 1 heterocycles. The van der Waals surface area contributed by atoms with Gasteiger partial charge in [0, 0.05) is 11.3 Å². The zero-order chi connectivity index (χ0) is 20.2. The molecule has 1 aromatic heterocycles. The highest BCUT2D eigenvalue weighted by atomic mass is 35.5. The van der Waals surface area contributed by atoms with Crippen LogP contribution in [0.25, 0.3) is 27.4 Å². The first-order valence-electron chi connectivity index (χ1n) is 9.92. The summed E-state index contributed by atoms with van der Waals surface area (Å²) in [6.07, 6.45) is 0. The highest BCUT2D eigenvalue weighted by Crippen LogP contribution is 2.36. The van der Waals surface area contributed by atoms with Gasteiger partial charge in [-0.05, 0) is 29.8 Å². The van der Waals surface area contributed by atoms with Gasteiger partial charge in [-0.3, -0.25) is 4.57 Å². The molecule has 0 N–H and O–H groups in total. The number of benzene rings is 4. The average molecular weight is 441 g/mol. The van der Waals surface area contributed by atoms with Crippen LogP contribution in [0.15, 0.2) is 126 Å². The molecule has 0 unspecified atom stereocenters. The normalized spacial score (nSPS) is 11.2. The Morgan fingerprint density at radius 1 is 0.548 bits per heavy atom. The van der Waals surface area contributed by atoms with E-state index in [9.17, 15) is 0 Å². The highest BCUT2D eigenvalue weighted by molar-refractivity contribution is 7.13. The Balaban J connectivity index is 0.00000231. The van der Waals surface area contributed by atoms with Gasteiger partial charge in [0.15, 0.2) is 4.80 Å².